The van der Waals surface area contributed by atoms with Gasteiger partial charge < -0.3 is 4.90 Å². The van der Waals surface area contributed by atoms with Crippen LogP contribution < -0.4 is 0 Å². The highest BCUT2D eigenvalue weighted by molar-refractivity contribution is 5.74. The number of carbonyl (C=O) groups excluding carboxylic acids is 1. The molecule has 0 aromatic heterocycles. The summed E-state index contributed by atoms with van der Waals surface area (Å²) in [7, 11) is 0. The topological polar surface area (TPSA) is 20.3 Å². The first-order valence-corrected chi connectivity index (χ1v) is 7.08. The summed E-state index contributed by atoms with van der Waals surface area (Å²) in [5.41, 5.74) is 0. The highest BCUT2D eigenvalue weighted by atomic mass is 16.2. The van der Waals surface area contributed by atoms with Crippen molar-refractivity contribution in [1.29, 1.82) is 0 Å². The molecule has 2 nitrogen and oxygen atoms in total. The SMILES string of the molecule is CC(=O)N1C2CCCCC2C2CCCCC21. The summed E-state index contributed by atoms with van der Waals surface area (Å²) < 4.78 is 0. The minimum Gasteiger partial charge on any atom is -0.336 e. The van der Waals surface area contributed by atoms with Crippen molar-refractivity contribution in [3.63, 3.8) is 0 Å². The lowest BCUT2D eigenvalue weighted by atomic mass is 9.73. The first-order valence-electron chi connectivity index (χ1n) is 7.08. The van der Waals surface area contributed by atoms with Gasteiger partial charge in [-0.1, -0.05) is 25.7 Å². The van der Waals surface area contributed by atoms with Crippen LogP contribution in [0.25, 0.3) is 0 Å². The second kappa shape index (κ2) is 4.05. The fourth-order valence-electron chi connectivity index (χ4n) is 4.68. The van der Waals surface area contributed by atoms with Crippen LogP contribution in [0, 0.1) is 11.8 Å². The molecule has 1 heterocycles. The number of hydrogen-bond donors (Lipinski definition) is 0. The second-order valence-electron chi connectivity index (χ2n) is 5.96. The Bertz CT molecular complexity index is 266. The molecule has 1 aliphatic heterocycles. The molecule has 4 atom stereocenters. The molecule has 16 heavy (non-hydrogen) atoms. The van der Waals surface area contributed by atoms with Crippen LogP contribution in [-0.4, -0.2) is 22.9 Å². The molecule has 0 radical (unpaired) electrons. The van der Waals surface area contributed by atoms with E-state index in [2.05, 4.69) is 4.90 Å². The van der Waals surface area contributed by atoms with Gasteiger partial charge in [0.15, 0.2) is 0 Å². The molecule has 0 bridgehead atoms. The number of fused-ring (bicyclic) bond motifs is 3. The molecule has 0 aromatic rings. The number of likely N-dealkylation sites (tertiary alicyclic amines) is 1. The van der Waals surface area contributed by atoms with Crippen LogP contribution in [-0.2, 0) is 4.79 Å². The Morgan fingerprint density at radius 1 is 0.875 bits per heavy atom. The molecule has 1 amide bonds. The molecule has 1 saturated heterocycles. The van der Waals surface area contributed by atoms with Crippen LogP contribution in [0.1, 0.15) is 58.3 Å². The summed E-state index contributed by atoms with van der Waals surface area (Å²) in [5, 5.41) is 0. The van der Waals surface area contributed by atoms with Gasteiger partial charge in [-0.2, -0.15) is 0 Å². The van der Waals surface area contributed by atoms with Crippen LogP contribution >= 0.6 is 0 Å². The van der Waals surface area contributed by atoms with Crippen molar-refractivity contribution < 1.29 is 4.79 Å². The predicted octanol–water partition coefficient (Wildman–Crippen LogP) is 2.97. The first kappa shape index (κ1) is 10.6. The molecule has 0 spiro atoms. The Labute approximate surface area is 98.4 Å². The molecule has 0 N–H and O–H groups in total. The Hall–Kier alpha value is -0.530. The highest BCUT2D eigenvalue weighted by Gasteiger charge is 2.50. The van der Waals surface area contributed by atoms with E-state index in [0.29, 0.717) is 18.0 Å². The summed E-state index contributed by atoms with van der Waals surface area (Å²) in [4.78, 5) is 14.2. The summed E-state index contributed by atoms with van der Waals surface area (Å²) in [6, 6.07) is 1.22. The van der Waals surface area contributed by atoms with E-state index in [4.69, 9.17) is 0 Å². The van der Waals surface area contributed by atoms with E-state index < -0.39 is 0 Å². The van der Waals surface area contributed by atoms with Crippen molar-refractivity contribution >= 4 is 5.91 Å². The van der Waals surface area contributed by atoms with E-state index >= 15 is 0 Å². The molecule has 3 rings (SSSR count). The van der Waals surface area contributed by atoms with Gasteiger partial charge >= 0.3 is 0 Å². The Morgan fingerprint density at radius 3 is 1.75 bits per heavy atom. The average Bonchev–Trinajstić information content (AvgIpc) is 2.63. The standard InChI is InChI=1S/C14H23NO/c1-10(16)15-13-8-4-2-6-11(13)12-7-3-5-9-14(12)15/h11-14H,2-9H2,1H3. The van der Waals surface area contributed by atoms with E-state index in [9.17, 15) is 4.79 Å². The fourth-order valence-corrected chi connectivity index (χ4v) is 4.68. The summed E-state index contributed by atoms with van der Waals surface area (Å²) in [6.07, 6.45) is 10.8. The van der Waals surface area contributed by atoms with Gasteiger partial charge in [0.1, 0.15) is 0 Å². The lowest BCUT2D eigenvalue weighted by Crippen LogP contribution is -2.42. The van der Waals surface area contributed by atoms with Crippen molar-refractivity contribution in [3.05, 3.63) is 0 Å². The molecule has 2 saturated carbocycles. The largest absolute Gasteiger partial charge is 0.336 e. The van der Waals surface area contributed by atoms with Crippen LogP contribution in [0.15, 0.2) is 0 Å². The maximum Gasteiger partial charge on any atom is 0.219 e. The zero-order valence-corrected chi connectivity index (χ0v) is 10.3. The average molecular weight is 221 g/mol. The molecular weight excluding hydrogens is 198 g/mol. The zero-order chi connectivity index (χ0) is 11.1. The molecular formula is C14H23NO. The number of rotatable bonds is 0. The molecule has 2 aliphatic carbocycles. The first-order chi connectivity index (χ1) is 7.79. The van der Waals surface area contributed by atoms with Gasteiger partial charge in [0.05, 0.1) is 0 Å². The third-order valence-corrected chi connectivity index (χ3v) is 5.19. The molecule has 0 aromatic carbocycles. The van der Waals surface area contributed by atoms with Crippen LogP contribution in [0.5, 0.6) is 0 Å². The van der Waals surface area contributed by atoms with Crippen molar-refractivity contribution in [1.82, 2.24) is 4.90 Å². The van der Waals surface area contributed by atoms with Crippen LogP contribution in [0.2, 0.25) is 0 Å². The van der Waals surface area contributed by atoms with Gasteiger partial charge in [-0.3, -0.25) is 4.79 Å². The van der Waals surface area contributed by atoms with E-state index in [1.165, 1.54) is 51.4 Å². The van der Waals surface area contributed by atoms with Gasteiger partial charge in [-0.25, -0.2) is 0 Å². The monoisotopic (exact) mass is 221 g/mol. The number of amides is 1. The third-order valence-electron chi connectivity index (χ3n) is 5.19. The minimum atomic E-state index is 0.339. The second-order valence-corrected chi connectivity index (χ2v) is 5.96. The van der Waals surface area contributed by atoms with Crippen molar-refractivity contribution in [3.8, 4) is 0 Å². The third kappa shape index (κ3) is 1.49. The van der Waals surface area contributed by atoms with Gasteiger partial charge in [-0.15, -0.1) is 0 Å². The minimum absolute atomic E-state index is 0.339. The number of hydrogen-bond acceptors (Lipinski definition) is 1. The Balaban J connectivity index is 1.89. The number of carbonyl (C=O) groups is 1. The van der Waals surface area contributed by atoms with Crippen LogP contribution in [0.4, 0.5) is 0 Å². The quantitative estimate of drug-likeness (QED) is 0.616. The van der Waals surface area contributed by atoms with E-state index in [-0.39, 0.29) is 0 Å². The van der Waals surface area contributed by atoms with E-state index in [1.807, 2.05) is 0 Å². The molecule has 90 valence electrons. The van der Waals surface area contributed by atoms with Gasteiger partial charge in [0, 0.05) is 19.0 Å². The zero-order valence-electron chi connectivity index (χ0n) is 10.3. The maximum atomic E-state index is 11.9. The Morgan fingerprint density at radius 2 is 1.31 bits per heavy atom. The van der Waals surface area contributed by atoms with Gasteiger partial charge in [0.2, 0.25) is 5.91 Å². The molecule has 3 fully saturated rings. The molecule has 2 heteroatoms. The Kier molecular flexibility index (Phi) is 2.68. The lowest BCUT2D eigenvalue weighted by Gasteiger charge is -2.33. The molecule has 4 unspecified atom stereocenters. The summed E-state index contributed by atoms with van der Waals surface area (Å²) in [5.74, 6) is 2.04. The highest BCUT2D eigenvalue weighted by Crippen LogP contribution is 2.48. The summed E-state index contributed by atoms with van der Waals surface area (Å²) >= 11 is 0. The van der Waals surface area contributed by atoms with Crippen molar-refractivity contribution in [2.45, 2.75) is 70.4 Å². The van der Waals surface area contributed by atoms with E-state index in [0.717, 1.165) is 11.8 Å². The fraction of sp³-hybridized carbons (Fsp3) is 0.929. The smallest absolute Gasteiger partial charge is 0.219 e. The van der Waals surface area contributed by atoms with E-state index in [1.54, 1.807) is 6.92 Å². The van der Waals surface area contributed by atoms with Crippen LogP contribution in [0.3, 0.4) is 0 Å². The van der Waals surface area contributed by atoms with Gasteiger partial charge in [-0.05, 0) is 37.5 Å². The predicted molar refractivity (Wildman–Crippen MR) is 64.0 cm³/mol. The lowest BCUT2D eigenvalue weighted by molar-refractivity contribution is -0.133. The van der Waals surface area contributed by atoms with Gasteiger partial charge in [0.25, 0.3) is 0 Å². The van der Waals surface area contributed by atoms with Crippen molar-refractivity contribution in [2.24, 2.45) is 11.8 Å². The normalized spacial score (nSPS) is 42.7. The maximum absolute atomic E-state index is 11.9. The molecule has 3 aliphatic rings. The van der Waals surface area contributed by atoms with Crippen molar-refractivity contribution in [2.75, 3.05) is 0 Å². The summed E-state index contributed by atoms with van der Waals surface area (Å²) in [6.45, 7) is 1.78. The number of nitrogens with zero attached hydrogens (tertiary/aromatic N) is 1.